The molecule has 0 heterocycles. The van der Waals surface area contributed by atoms with Gasteiger partial charge in [0.15, 0.2) is 0 Å². The molecule has 0 aromatic heterocycles. The first-order valence-corrected chi connectivity index (χ1v) is 27.2. The maximum Gasteiger partial charge on any atom is 0.306 e. The summed E-state index contributed by atoms with van der Waals surface area (Å²) in [5.74, 6) is -0.488. The summed E-state index contributed by atoms with van der Waals surface area (Å²) in [4.78, 5) is 26.2. The first kappa shape index (κ1) is 60.1. The van der Waals surface area contributed by atoms with E-state index in [-0.39, 0.29) is 24.9 Å². The average molecular weight is 872 g/mol. The lowest BCUT2D eigenvalue weighted by Gasteiger charge is -2.24. The zero-order valence-corrected chi connectivity index (χ0v) is 41.5. The normalized spacial score (nSPS) is 13.4. The first-order chi connectivity index (χ1) is 30.5. The standard InChI is InChI=1S/C56H105NO5/c1-4-7-10-13-16-19-22-25-28-30-33-36-39-42-45-48-54(59)53(51-58)57-55(60)50-52(47-44-41-38-35-32-29-26-23-20-17-14-11-8-5-2)62-56(61)49-46-43-40-37-34-31-27-24-21-18-15-12-9-6-3/h9,12,18,21,29,32,52-54,58-59H,4-8,10-11,13-17,19-20,22-28,30-31,33-51H2,1-3H3,(H,57,60)/b12-9+,21-18+,32-29+. The summed E-state index contributed by atoms with van der Waals surface area (Å²) in [5, 5.41) is 23.8. The van der Waals surface area contributed by atoms with E-state index in [1.165, 1.54) is 161 Å². The third-order valence-electron chi connectivity index (χ3n) is 12.5. The molecule has 62 heavy (non-hydrogen) atoms. The summed E-state index contributed by atoms with van der Waals surface area (Å²) in [6.07, 6.45) is 59.2. The minimum atomic E-state index is -0.791. The molecule has 0 aliphatic rings. The second kappa shape index (κ2) is 50.1. The highest BCUT2D eigenvalue weighted by Gasteiger charge is 2.24. The van der Waals surface area contributed by atoms with Crippen LogP contribution in [0, 0.1) is 0 Å². The van der Waals surface area contributed by atoms with Crippen LogP contribution in [0.4, 0.5) is 0 Å². The molecular weight excluding hydrogens is 767 g/mol. The van der Waals surface area contributed by atoms with Crippen LogP contribution >= 0.6 is 0 Å². The van der Waals surface area contributed by atoms with Crippen LogP contribution < -0.4 is 5.32 Å². The number of aliphatic hydroxyl groups excluding tert-OH is 2. The van der Waals surface area contributed by atoms with E-state index in [2.05, 4.69) is 62.5 Å². The zero-order valence-electron chi connectivity index (χ0n) is 41.5. The Morgan fingerprint density at radius 2 is 0.871 bits per heavy atom. The fourth-order valence-electron chi connectivity index (χ4n) is 8.35. The molecule has 0 aromatic carbocycles. The van der Waals surface area contributed by atoms with Crippen molar-refractivity contribution >= 4 is 11.9 Å². The third kappa shape index (κ3) is 44.7. The van der Waals surface area contributed by atoms with E-state index in [1.807, 2.05) is 0 Å². The number of aliphatic hydroxyl groups is 2. The number of allylic oxidation sites excluding steroid dienone is 6. The zero-order chi connectivity index (χ0) is 45.2. The molecule has 0 radical (unpaired) electrons. The lowest BCUT2D eigenvalue weighted by Crippen LogP contribution is -2.46. The van der Waals surface area contributed by atoms with Gasteiger partial charge in [-0.15, -0.1) is 0 Å². The van der Waals surface area contributed by atoms with Gasteiger partial charge in [0.25, 0.3) is 0 Å². The van der Waals surface area contributed by atoms with Crippen molar-refractivity contribution in [1.29, 1.82) is 0 Å². The van der Waals surface area contributed by atoms with Gasteiger partial charge in [-0.3, -0.25) is 9.59 Å². The number of nitrogens with one attached hydrogen (secondary N) is 1. The second-order valence-corrected chi connectivity index (χ2v) is 18.6. The molecule has 0 aromatic rings. The van der Waals surface area contributed by atoms with Gasteiger partial charge in [-0.25, -0.2) is 0 Å². The smallest absolute Gasteiger partial charge is 0.306 e. The number of amides is 1. The fourth-order valence-corrected chi connectivity index (χ4v) is 8.35. The summed E-state index contributed by atoms with van der Waals surface area (Å²) in [6, 6.07) is -0.706. The Balaban J connectivity index is 4.56. The highest BCUT2D eigenvalue weighted by molar-refractivity contribution is 5.77. The quantitative estimate of drug-likeness (QED) is 0.0321. The second-order valence-electron chi connectivity index (χ2n) is 18.6. The van der Waals surface area contributed by atoms with Crippen LogP contribution in [0.25, 0.3) is 0 Å². The summed E-state index contributed by atoms with van der Waals surface area (Å²) < 4.78 is 5.93. The molecule has 3 atom stereocenters. The van der Waals surface area contributed by atoms with E-state index in [1.54, 1.807) is 0 Å². The van der Waals surface area contributed by atoms with Gasteiger partial charge in [0.1, 0.15) is 6.10 Å². The Morgan fingerprint density at radius 3 is 1.34 bits per heavy atom. The van der Waals surface area contributed by atoms with Gasteiger partial charge in [-0.2, -0.15) is 0 Å². The van der Waals surface area contributed by atoms with Crippen LogP contribution in [0.3, 0.4) is 0 Å². The molecule has 0 bridgehead atoms. The van der Waals surface area contributed by atoms with Crippen molar-refractivity contribution in [2.24, 2.45) is 0 Å². The fraction of sp³-hybridized carbons (Fsp3) is 0.857. The highest BCUT2D eigenvalue weighted by Crippen LogP contribution is 2.18. The molecule has 1 amide bonds. The van der Waals surface area contributed by atoms with Crippen LogP contribution in [0.5, 0.6) is 0 Å². The number of ether oxygens (including phenoxy) is 1. The van der Waals surface area contributed by atoms with Crippen molar-refractivity contribution in [1.82, 2.24) is 5.32 Å². The van der Waals surface area contributed by atoms with Gasteiger partial charge in [-0.1, -0.05) is 231 Å². The van der Waals surface area contributed by atoms with Crippen LogP contribution in [0.2, 0.25) is 0 Å². The number of unbranched alkanes of at least 4 members (excludes halogenated alkanes) is 31. The minimum absolute atomic E-state index is 0.0664. The minimum Gasteiger partial charge on any atom is -0.462 e. The topological polar surface area (TPSA) is 95.9 Å². The van der Waals surface area contributed by atoms with E-state index in [9.17, 15) is 19.8 Å². The molecule has 0 fully saturated rings. The number of carbonyl (C=O) groups excluding carboxylic acids is 2. The molecule has 6 heteroatoms. The highest BCUT2D eigenvalue weighted by atomic mass is 16.5. The molecule has 0 spiro atoms. The molecule has 0 saturated carbocycles. The molecule has 0 saturated heterocycles. The number of hydrogen-bond donors (Lipinski definition) is 3. The largest absolute Gasteiger partial charge is 0.462 e. The van der Waals surface area contributed by atoms with Gasteiger partial charge < -0.3 is 20.3 Å². The monoisotopic (exact) mass is 872 g/mol. The van der Waals surface area contributed by atoms with Crippen molar-refractivity contribution in [2.45, 2.75) is 302 Å². The number of esters is 1. The van der Waals surface area contributed by atoms with Crippen molar-refractivity contribution in [3.05, 3.63) is 36.5 Å². The van der Waals surface area contributed by atoms with Crippen molar-refractivity contribution in [3.8, 4) is 0 Å². The van der Waals surface area contributed by atoms with E-state index < -0.39 is 18.2 Å². The van der Waals surface area contributed by atoms with E-state index >= 15 is 0 Å². The molecule has 6 nitrogen and oxygen atoms in total. The number of hydrogen-bond acceptors (Lipinski definition) is 5. The van der Waals surface area contributed by atoms with Crippen molar-refractivity contribution in [3.63, 3.8) is 0 Å². The third-order valence-corrected chi connectivity index (χ3v) is 12.5. The van der Waals surface area contributed by atoms with Gasteiger partial charge >= 0.3 is 5.97 Å². The Labute approximate surface area is 385 Å². The lowest BCUT2D eigenvalue weighted by atomic mass is 10.0. The lowest BCUT2D eigenvalue weighted by molar-refractivity contribution is -0.151. The summed E-state index contributed by atoms with van der Waals surface area (Å²) in [6.45, 7) is 6.39. The van der Waals surface area contributed by atoms with E-state index in [0.29, 0.717) is 19.3 Å². The predicted molar refractivity (Wildman–Crippen MR) is 269 cm³/mol. The van der Waals surface area contributed by atoms with Crippen LogP contribution in [-0.4, -0.2) is 46.9 Å². The summed E-state index contributed by atoms with van der Waals surface area (Å²) in [7, 11) is 0. The van der Waals surface area contributed by atoms with Crippen LogP contribution in [0.1, 0.15) is 284 Å². The Hall–Kier alpha value is -1.92. The first-order valence-electron chi connectivity index (χ1n) is 27.2. The van der Waals surface area contributed by atoms with Crippen LogP contribution in [0.15, 0.2) is 36.5 Å². The molecule has 0 aliphatic heterocycles. The molecule has 0 rings (SSSR count). The number of carbonyl (C=O) groups is 2. The van der Waals surface area contributed by atoms with Crippen molar-refractivity contribution < 1.29 is 24.5 Å². The molecule has 3 unspecified atom stereocenters. The van der Waals surface area contributed by atoms with Gasteiger partial charge in [0.2, 0.25) is 5.91 Å². The Bertz CT molecular complexity index is 1020. The SMILES string of the molecule is CC/C=C/C/C=C/CCCCCCCCCC(=O)OC(CCCCC/C=C/CCCCCCCCC)CC(=O)NC(CO)C(O)CCCCCCCCCCCCCCCCC. The van der Waals surface area contributed by atoms with E-state index in [4.69, 9.17) is 4.74 Å². The predicted octanol–water partition coefficient (Wildman–Crippen LogP) is 16.5. The van der Waals surface area contributed by atoms with Gasteiger partial charge in [0, 0.05) is 6.42 Å². The summed E-state index contributed by atoms with van der Waals surface area (Å²) in [5.41, 5.74) is 0. The van der Waals surface area contributed by atoms with E-state index in [0.717, 1.165) is 77.0 Å². The summed E-state index contributed by atoms with van der Waals surface area (Å²) >= 11 is 0. The molecule has 0 aliphatic carbocycles. The van der Waals surface area contributed by atoms with Gasteiger partial charge in [-0.05, 0) is 77.0 Å². The molecule has 3 N–H and O–H groups in total. The molecule has 364 valence electrons. The number of rotatable bonds is 49. The van der Waals surface area contributed by atoms with Gasteiger partial charge in [0.05, 0.1) is 25.2 Å². The van der Waals surface area contributed by atoms with Crippen molar-refractivity contribution in [2.75, 3.05) is 6.61 Å². The Morgan fingerprint density at radius 1 is 0.484 bits per heavy atom. The molecular formula is C56H105NO5. The Kier molecular flexibility index (Phi) is 48.5. The van der Waals surface area contributed by atoms with Crippen LogP contribution in [-0.2, 0) is 14.3 Å². The maximum atomic E-state index is 13.2. The maximum absolute atomic E-state index is 13.2. The average Bonchev–Trinajstić information content (AvgIpc) is 3.26.